The highest BCUT2D eigenvalue weighted by atomic mass is 16.5. The maximum Gasteiger partial charge on any atom is 0.119 e. The van der Waals surface area contributed by atoms with Crippen LogP contribution in [0.25, 0.3) is 10.9 Å². The summed E-state index contributed by atoms with van der Waals surface area (Å²) < 4.78 is 5.46. The van der Waals surface area contributed by atoms with E-state index in [9.17, 15) is 0 Å². The van der Waals surface area contributed by atoms with Crippen molar-refractivity contribution in [3.63, 3.8) is 0 Å². The van der Waals surface area contributed by atoms with Gasteiger partial charge in [0, 0.05) is 22.2 Å². The minimum Gasteiger partial charge on any atom is -0.497 e. The van der Waals surface area contributed by atoms with Gasteiger partial charge < -0.3 is 9.72 Å². The lowest BCUT2D eigenvalue weighted by molar-refractivity contribution is 0.250. The van der Waals surface area contributed by atoms with E-state index in [2.05, 4.69) is 73.1 Å². The van der Waals surface area contributed by atoms with Crippen LogP contribution in [0, 0.1) is 6.92 Å². The number of methoxy groups -OCH3 is 1. The minimum atomic E-state index is 0.214. The Bertz CT molecular complexity index is 818. The van der Waals surface area contributed by atoms with E-state index in [0.29, 0.717) is 0 Å². The number of nitrogens with one attached hydrogen (secondary N) is 1. The molecule has 0 aliphatic rings. The summed E-state index contributed by atoms with van der Waals surface area (Å²) in [7, 11) is 1.72. The SMILES string of the molecule is CCN(CC)C(c1cccc(OC)c1)c1c(C)[nH]c2ccccc12. The Morgan fingerprint density at radius 1 is 1.04 bits per heavy atom. The molecule has 2 aromatic carbocycles. The van der Waals surface area contributed by atoms with E-state index in [1.54, 1.807) is 7.11 Å². The van der Waals surface area contributed by atoms with Crippen molar-refractivity contribution in [3.8, 4) is 5.75 Å². The van der Waals surface area contributed by atoms with Crippen molar-refractivity contribution in [2.75, 3.05) is 20.2 Å². The molecule has 0 saturated carbocycles. The number of hydrogen-bond donors (Lipinski definition) is 1. The maximum absolute atomic E-state index is 5.46. The molecule has 0 amide bonds. The number of nitrogens with zero attached hydrogens (tertiary/aromatic N) is 1. The van der Waals surface area contributed by atoms with Crippen molar-refractivity contribution < 1.29 is 4.74 Å². The summed E-state index contributed by atoms with van der Waals surface area (Å²) in [6, 6.07) is 17.2. The molecule has 0 saturated heterocycles. The molecule has 24 heavy (non-hydrogen) atoms. The summed E-state index contributed by atoms with van der Waals surface area (Å²) in [5.74, 6) is 0.905. The summed E-state index contributed by atoms with van der Waals surface area (Å²) in [4.78, 5) is 6.05. The average molecular weight is 322 g/mol. The normalized spacial score (nSPS) is 12.7. The van der Waals surface area contributed by atoms with Crippen LogP contribution in [0.3, 0.4) is 0 Å². The summed E-state index contributed by atoms with van der Waals surface area (Å²) >= 11 is 0. The van der Waals surface area contributed by atoms with Crippen LogP contribution in [0.2, 0.25) is 0 Å². The molecule has 0 spiro atoms. The van der Waals surface area contributed by atoms with Gasteiger partial charge >= 0.3 is 0 Å². The Morgan fingerprint density at radius 2 is 1.79 bits per heavy atom. The summed E-state index contributed by atoms with van der Waals surface area (Å²) in [5, 5.41) is 1.30. The molecule has 1 atom stereocenters. The number of benzene rings is 2. The molecule has 3 aromatic rings. The van der Waals surface area contributed by atoms with Gasteiger partial charge in [0.05, 0.1) is 13.2 Å². The first-order valence-corrected chi connectivity index (χ1v) is 8.64. The molecular formula is C21H26N2O. The first-order chi connectivity index (χ1) is 11.7. The second kappa shape index (κ2) is 7.10. The lowest BCUT2D eigenvalue weighted by Gasteiger charge is -2.31. The van der Waals surface area contributed by atoms with Gasteiger partial charge in [0.25, 0.3) is 0 Å². The number of aromatic amines is 1. The molecule has 3 heteroatoms. The monoisotopic (exact) mass is 322 g/mol. The predicted molar refractivity (Wildman–Crippen MR) is 101 cm³/mol. The van der Waals surface area contributed by atoms with E-state index in [1.807, 2.05) is 6.07 Å². The highest BCUT2D eigenvalue weighted by molar-refractivity contribution is 5.85. The van der Waals surface area contributed by atoms with Crippen molar-refractivity contribution in [1.29, 1.82) is 0 Å². The van der Waals surface area contributed by atoms with Gasteiger partial charge in [-0.25, -0.2) is 0 Å². The summed E-state index contributed by atoms with van der Waals surface area (Å²) in [5.41, 5.74) is 5.06. The van der Waals surface area contributed by atoms with Gasteiger partial charge in [-0.15, -0.1) is 0 Å². The smallest absolute Gasteiger partial charge is 0.119 e. The quantitative estimate of drug-likeness (QED) is 0.698. The van der Waals surface area contributed by atoms with Gasteiger partial charge in [-0.2, -0.15) is 0 Å². The molecule has 3 rings (SSSR count). The standard InChI is InChI=1S/C21H26N2O/c1-5-23(6-2)21(16-10-9-11-17(14-16)24-4)20-15(3)22-19-13-8-7-12-18(19)20/h7-14,21-22H,5-6H2,1-4H3. The van der Waals surface area contributed by atoms with Crippen molar-refractivity contribution in [3.05, 3.63) is 65.4 Å². The van der Waals surface area contributed by atoms with Gasteiger partial charge in [0.2, 0.25) is 0 Å². The zero-order chi connectivity index (χ0) is 17.1. The van der Waals surface area contributed by atoms with Crippen LogP contribution < -0.4 is 4.74 Å². The number of fused-ring (bicyclic) bond motifs is 1. The van der Waals surface area contributed by atoms with Gasteiger partial charge in [0.15, 0.2) is 0 Å². The van der Waals surface area contributed by atoms with Gasteiger partial charge in [-0.3, -0.25) is 4.90 Å². The fourth-order valence-electron chi connectivity index (χ4n) is 3.61. The first kappa shape index (κ1) is 16.6. The van der Waals surface area contributed by atoms with Crippen molar-refractivity contribution >= 4 is 10.9 Å². The zero-order valence-corrected chi connectivity index (χ0v) is 15.0. The highest BCUT2D eigenvalue weighted by Gasteiger charge is 2.25. The average Bonchev–Trinajstić information content (AvgIpc) is 2.95. The van der Waals surface area contributed by atoms with E-state index in [-0.39, 0.29) is 6.04 Å². The largest absolute Gasteiger partial charge is 0.497 e. The number of para-hydroxylation sites is 1. The molecule has 0 aliphatic heterocycles. The summed E-state index contributed by atoms with van der Waals surface area (Å²) in [6.07, 6.45) is 0. The lowest BCUT2D eigenvalue weighted by atomic mass is 9.94. The van der Waals surface area contributed by atoms with Crippen molar-refractivity contribution in [2.45, 2.75) is 26.8 Å². The minimum absolute atomic E-state index is 0.214. The highest BCUT2D eigenvalue weighted by Crippen LogP contribution is 2.36. The number of H-pyrrole nitrogens is 1. The molecule has 1 heterocycles. The Kier molecular flexibility index (Phi) is 4.91. The van der Waals surface area contributed by atoms with Crippen molar-refractivity contribution in [2.24, 2.45) is 0 Å². The van der Waals surface area contributed by atoms with Gasteiger partial charge in [-0.05, 0) is 43.8 Å². The maximum atomic E-state index is 5.46. The topological polar surface area (TPSA) is 28.3 Å². The van der Waals surface area contributed by atoms with E-state index in [4.69, 9.17) is 4.74 Å². The number of ether oxygens (including phenoxy) is 1. The Morgan fingerprint density at radius 3 is 2.50 bits per heavy atom. The van der Waals surface area contributed by atoms with Crippen LogP contribution in [0.4, 0.5) is 0 Å². The van der Waals surface area contributed by atoms with Crippen molar-refractivity contribution in [1.82, 2.24) is 9.88 Å². The molecule has 0 fully saturated rings. The molecule has 3 nitrogen and oxygen atoms in total. The molecule has 0 bridgehead atoms. The number of rotatable bonds is 6. The first-order valence-electron chi connectivity index (χ1n) is 8.64. The molecule has 1 unspecified atom stereocenters. The predicted octanol–water partition coefficient (Wildman–Crippen LogP) is 4.92. The fraction of sp³-hybridized carbons (Fsp3) is 0.333. The third-order valence-corrected chi connectivity index (χ3v) is 4.80. The van der Waals surface area contributed by atoms with Crippen LogP contribution in [0.1, 0.15) is 36.7 Å². The van der Waals surface area contributed by atoms with Crippen LogP contribution in [-0.2, 0) is 0 Å². The number of aromatic nitrogens is 1. The van der Waals surface area contributed by atoms with Crippen LogP contribution in [0.5, 0.6) is 5.75 Å². The van der Waals surface area contributed by atoms with Crippen LogP contribution >= 0.6 is 0 Å². The Balaban J connectivity index is 2.22. The summed E-state index contributed by atoms with van der Waals surface area (Å²) in [6.45, 7) is 8.61. The number of aryl methyl sites for hydroxylation is 1. The molecule has 126 valence electrons. The van der Waals surface area contributed by atoms with Crippen LogP contribution in [-0.4, -0.2) is 30.1 Å². The van der Waals surface area contributed by atoms with Gasteiger partial charge in [-0.1, -0.05) is 44.2 Å². The van der Waals surface area contributed by atoms with E-state index in [0.717, 1.165) is 18.8 Å². The zero-order valence-electron chi connectivity index (χ0n) is 15.0. The van der Waals surface area contributed by atoms with E-state index >= 15 is 0 Å². The molecule has 0 radical (unpaired) electrons. The van der Waals surface area contributed by atoms with Crippen LogP contribution in [0.15, 0.2) is 48.5 Å². The van der Waals surface area contributed by atoms with E-state index in [1.165, 1.54) is 27.7 Å². The third kappa shape index (κ3) is 2.92. The van der Waals surface area contributed by atoms with Gasteiger partial charge in [0.1, 0.15) is 5.75 Å². The number of hydrogen-bond acceptors (Lipinski definition) is 2. The molecule has 1 N–H and O–H groups in total. The second-order valence-corrected chi connectivity index (χ2v) is 6.11. The molecule has 1 aromatic heterocycles. The second-order valence-electron chi connectivity index (χ2n) is 6.11. The van der Waals surface area contributed by atoms with E-state index < -0.39 is 0 Å². The Labute approximate surface area is 144 Å². The third-order valence-electron chi connectivity index (χ3n) is 4.80. The fourth-order valence-corrected chi connectivity index (χ4v) is 3.61. The molecular weight excluding hydrogens is 296 g/mol. The lowest BCUT2D eigenvalue weighted by Crippen LogP contribution is -2.29. The Hall–Kier alpha value is -2.26. The molecule has 0 aliphatic carbocycles.